The molecule has 0 aromatic heterocycles. The number of benzene rings is 1. The molecule has 1 aliphatic heterocycles. The molecular weight excluding hydrogens is 226 g/mol. The van der Waals surface area contributed by atoms with Crippen LogP contribution in [0.25, 0.3) is 0 Å². The summed E-state index contributed by atoms with van der Waals surface area (Å²) in [4.78, 5) is 0. The van der Waals surface area contributed by atoms with Crippen molar-refractivity contribution in [2.45, 2.75) is 58.0 Å². The van der Waals surface area contributed by atoms with E-state index in [1.807, 2.05) is 24.3 Å². The first kappa shape index (κ1) is 13.4. The minimum absolute atomic E-state index is 0.0798. The van der Waals surface area contributed by atoms with E-state index in [1.165, 1.54) is 0 Å². The molecule has 0 amide bonds. The van der Waals surface area contributed by atoms with Crippen LogP contribution in [0.3, 0.4) is 0 Å². The number of hydrogen-bond acceptors (Lipinski definition) is 3. The minimum atomic E-state index is -0.254. The van der Waals surface area contributed by atoms with Crippen LogP contribution in [0.2, 0.25) is 0 Å². The van der Waals surface area contributed by atoms with Gasteiger partial charge in [0.05, 0.1) is 5.60 Å². The molecule has 1 unspecified atom stereocenters. The summed E-state index contributed by atoms with van der Waals surface area (Å²) < 4.78 is 12.1. The van der Waals surface area contributed by atoms with Gasteiger partial charge in [-0.05, 0) is 45.4 Å². The van der Waals surface area contributed by atoms with Gasteiger partial charge >= 0.3 is 0 Å². The van der Waals surface area contributed by atoms with Crippen molar-refractivity contribution in [3.05, 3.63) is 29.8 Å². The van der Waals surface area contributed by atoms with Gasteiger partial charge in [-0.3, -0.25) is 0 Å². The predicted molar refractivity (Wildman–Crippen MR) is 72.6 cm³/mol. The zero-order valence-corrected chi connectivity index (χ0v) is 11.7. The van der Waals surface area contributed by atoms with Gasteiger partial charge in [0.1, 0.15) is 17.5 Å². The average Bonchev–Trinajstić information content (AvgIpc) is 2.48. The Labute approximate surface area is 109 Å². The van der Waals surface area contributed by atoms with E-state index in [9.17, 15) is 0 Å². The molecule has 1 aliphatic rings. The van der Waals surface area contributed by atoms with Gasteiger partial charge in [0, 0.05) is 13.0 Å². The molecule has 0 radical (unpaired) electrons. The van der Waals surface area contributed by atoms with Gasteiger partial charge in [-0.2, -0.15) is 0 Å². The van der Waals surface area contributed by atoms with E-state index in [0.29, 0.717) is 6.54 Å². The molecule has 0 bridgehead atoms. The Balaban J connectivity index is 2.09. The van der Waals surface area contributed by atoms with Crippen molar-refractivity contribution >= 4 is 0 Å². The molecule has 100 valence electrons. The van der Waals surface area contributed by atoms with Gasteiger partial charge in [0.15, 0.2) is 0 Å². The molecule has 0 aliphatic carbocycles. The second-order valence-corrected chi connectivity index (χ2v) is 6.12. The molecule has 1 heterocycles. The van der Waals surface area contributed by atoms with Crippen molar-refractivity contribution in [2.24, 2.45) is 5.73 Å². The molecule has 3 nitrogen and oxygen atoms in total. The summed E-state index contributed by atoms with van der Waals surface area (Å²) >= 11 is 0. The molecule has 1 atom stereocenters. The summed E-state index contributed by atoms with van der Waals surface area (Å²) in [5.74, 6) is 0.881. The van der Waals surface area contributed by atoms with Crippen LogP contribution >= 0.6 is 0 Å². The fraction of sp³-hybridized carbons (Fsp3) is 0.600. The first-order chi connectivity index (χ1) is 8.32. The SMILES string of the molecule is CC1(C)CC(Oc2ccc(CN)cc2)C(C)(C)O1. The van der Waals surface area contributed by atoms with E-state index in [2.05, 4.69) is 27.7 Å². The predicted octanol–water partition coefficient (Wildman–Crippen LogP) is 2.87. The van der Waals surface area contributed by atoms with Crippen molar-refractivity contribution in [2.75, 3.05) is 0 Å². The summed E-state index contributed by atoms with van der Waals surface area (Å²) in [5, 5.41) is 0. The highest BCUT2D eigenvalue weighted by Crippen LogP contribution is 2.39. The summed E-state index contributed by atoms with van der Waals surface area (Å²) in [6.07, 6.45) is 0.981. The van der Waals surface area contributed by atoms with Gasteiger partial charge < -0.3 is 15.2 Å². The third-order valence-electron chi connectivity index (χ3n) is 3.43. The molecule has 1 fully saturated rings. The van der Waals surface area contributed by atoms with Gasteiger partial charge in [-0.15, -0.1) is 0 Å². The lowest BCUT2D eigenvalue weighted by Crippen LogP contribution is -2.36. The molecule has 2 rings (SSSR count). The van der Waals surface area contributed by atoms with E-state index < -0.39 is 0 Å². The summed E-state index contributed by atoms with van der Waals surface area (Å²) in [6.45, 7) is 8.94. The molecule has 3 heteroatoms. The van der Waals surface area contributed by atoms with Crippen LogP contribution in [0.1, 0.15) is 39.7 Å². The third-order valence-corrected chi connectivity index (χ3v) is 3.43. The molecule has 1 aromatic carbocycles. The van der Waals surface area contributed by atoms with Gasteiger partial charge in [-0.25, -0.2) is 0 Å². The van der Waals surface area contributed by atoms with Crippen LogP contribution in [0.15, 0.2) is 24.3 Å². The molecule has 0 spiro atoms. The highest BCUT2D eigenvalue weighted by Gasteiger charge is 2.47. The number of hydrogen-bond donors (Lipinski definition) is 1. The Hall–Kier alpha value is -1.06. The topological polar surface area (TPSA) is 44.5 Å². The maximum absolute atomic E-state index is 6.06. The van der Waals surface area contributed by atoms with Crippen molar-refractivity contribution in [1.82, 2.24) is 0 Å². The van der Waals surface area contributed by atoms with Crippen LogP contribution in [-0.2, 0) is 11.3 Å². The highest BCUT2D eigenvalue weighted by molar-refractivity contribution is 5.27. The highest BCUT2D eigenvalue weighted by atomic mass is 16.6. The standard InChI is InChI=1S/C15H23NO2/c1-14(2)9-13(15(3,4)18-14)17-12-7-5-11(10-16)6-8-12/h5-8,13H,9-10,16H2,1-4H3. The van der Waals surface area contributed by atoms with E-state index in [0.717, 1.165) is 17.7 Å². The van der Waals surface area contributed by atoms with E-state index in [-0.39, 0.29) is 17.3 Å². The minimum Gasteiger partial charge on any atom is -0.487 e. The summed E-state index contributed by atoms with van der Waals surface area (Å²) in [6, 6.07) is 7.96. The Kier molecular flexibility index (Phi) is 3.39. The van der Waals surface area contributed by atoms with Crippen molar-refractivity contribution in [3.63, 3.8) is 0 Å². The number of nitrogens with two attached hydrogens (primary N) is 1. The maximum Gasteiger partial charge on any atom is 0.130 e. The molecule has 0 saturated carbocycles. The zero-order valence-electron chi connectivity index (χ0n) is 11.7. The van der Waals surface area contributed by atoms with Crippen LogP contribution in [0, 0.1) is 0 Å². The average molecular weight is 249 g/mol. The van der Waals surface area contributed by atoms with Crippen molar-refractivity contribution in [1.29, 1.82) is 0 Å². The first-order valence-electron chi connectivity index (χ1n) is 6.48. The number of ether oxygens (including phenoxy) is 2. The lowest BCUT2D eigenvalue weighted by Gasteiger charge is -2.27. The quantitative estimate of drug-likeness (QED) is 0.896. The Bertz CT molecular complexity index is 409. The lowest BCUT2D eigenvalue weighted by atomic mass is 9.97. The van der Waals surface area contributed by atoms with Gasteiger partial charge in [-0.1, -0.05) is 12.1 Å². The largest absolute Gasteiger partial charge is 0.487 e. The molecule has 1 saturated heterocycles. The monoisotopic (exact) mass is 249 g/mol. The van der Waals surface area contributed by atoms with Crippen LogP contribution < -0.4 is 10.5 Å². The summed E-state index contributed by atoms with van der Waals surface area (Å²) in [5.41, 5.74) is 6.32. The Morgan fingerprint density at radius 1 is 1.22 bits per heavy atom. The molecule has 18 heavy (non-hydrogen) atoms. The smallest absolute Gasteiger partial charge is 0.130 e. The van der Waals surface area contributed by atoms with E-state index >= 15 is 0 Å². The molecule has 2 N–H and O–H groups in total. The normalized spacial score (nSPS) is 25.1. The number of rotatable bonds is 3. The fourth-order valence-corrected chi connectivity index (χ4v) is 2.56. The summed E-state index contributed by atoms with van der Waals surface area (Å²) in [7, 11) is 0. The van der Waals surface area contributed by atoms with Crippen LogP contribution in [-0.4, -0.2) is 17.3 Å². The van der Waals surface area contributed by atoms with Gasteiger partial charge in [0.2, 0.25) is 0 Å². The van der Waals surface area contributed by atoms with Crippen LogP contribution in [0.5, 0.6) is 5.75 Å². The van der Waals surface area contributed by atoms with Crippen LogP contribution in [0.4, 0.5) is 0 Å². The second kappa shape index (κ2) is 4.56. The third kappa shape index (κ3) is 2.85. The van der Waals surface area contributed by atoms with Gasteiger partial charge in [0.25, 0.3) is 0 Å². The van der Waals surface area contributed by atoms with E-state index in [4.69, 9.17) is 15.2 Å². The zero-order chi connectivity index (χ0) is 13.4. The molecular formula is C15H23NO2. The Morgan fingerprint density at radius 2 is 1.83 bits per heavy atom. The lowest BCUT2D eigenvalue weighted by molar-refractivity contribution is -0.0846. The first-order valence-corrected chi connectivity index (χ1v) is 6.48. The fourth-order valence-electron chi connectivity index (χ4n) is 2.56. The van der Waals surface area contributed by atoms with E-state index in [1.54, 1.807) is 0 Å². The Morgan fingerprint density at radius 3 is 2.28 bits per heavy atom. The van der Waals surface area contributed by atoms with Crippen molar-refractivity contribution < 1.29 is 9.47 Å². The molecule has 1 aromatic rings. The maximum atomic E-state index is 6.06. The van der Waals surface area contributed by atoms with Crippen molar-refractivity contribution in [3.8, 4) is 5.75 Å². The second-order valence-electron chi connectivity index (χ2n) is 6.12.